The van der Waals surface area contributed by atoms with Gasteiger partial charge in [0.2, 0.25) is 5.91 Å². The fourth-order valence-corrected chi connectivity index (χ4v) is 5.92. The molecule has 0 aliphatic carbocycles. The van der Waals surface area contributed by atoms with E-state index in [0.717, 1.165) is 22.3 Å². The Hall–Kier alpha value is -3.85. The van der Waals surface area contributed by atoms with Crippen molar-refractivity contribution in [3.05, 3.63) is 144 Å². The van der Waals surface area contributed by atoms with Crippen molar-refractivity contribution in [2.75, 3.05) is 6.61 Å². The Labute approximate surface area is 259 Å². The minimum absolute atomic E-state index is 0.0762. The lowest BCUT2D eigenvalue weighted by molar-refractivity contribution is -0.312. The maximum absolute atomic E-state index is 12.8. The Kier molecular flexibility index (Phi) is 10.1. The van der Waals surface area contributed by atoms with Gasteiger partial charge in [0, 0.05) is 12.8 Å². The standard InChI is InChI=1S/C37H39NO6/c39-33-21-22-37(38-33)36(43-26-31-19-11-4-12-20-31)35(42-25-30-17-9-3-10-18-30)34(41-24-29-15-7-2-8-16-29)32(44-37)27-40-23-28-13-5-1-6-14-28/h1-20,32,34-36H,21-27H2,(H,38,39)/t32-,34-,35+,36-,37+/m1/s1. The average molecular weight is 594 g/mol. The van der Waals surface area contributed by atoms with Gasteiger partial charge in [0.05, 0.1) is 33.0 Å². The molecule has 0 aromatic heterocycles. The third-order valence-electron chi connectivity index (χ3n) is 8.12. The maximum atomic E-state index is 12.8. The maximum Gasteiger partial charge on any atom is 0.222 e. The van der Waals surface area contributed by atoms with E-state index in [9.17, 15) is 4.79 Å². The highest BCUT2D eigenvalue weighted by Gasteiger charge is 2.59. The summed E-state index contributed by atoms with van der Waals surface area (Å²) < 4.78 is 33.2. The van der Waals surface area contributed by atoms with Gasteiger partial charge in [-0.05, 0) is 22.3 Å². The number of hydrogen-bond acceptors (Lipinski definition) is 6. The number of carbonyl (C=O) groups excluding carboxylic acids is 1. The molecule has 4 aromatic carbocycles. The van der Waals surface area contributed by atoms with Gasteiger partial charge in [0.25, 0.3) is 0 Å². The second kappa shape index (κ2) is 14.8. The van der Waals surface area contributed by atoms with Crippen molar-refractivity contribution < 1.29 is 28.5 Å². The topological polar surface area (TPSA) is 75.3 Å². The van der Waals surface area contributed by atoms with Crippen LogP contribution in [0.1, 0.15) is 35.1 Å². The number of amides is 1. The van der Waals surface area contributed by atoms with Crippen molar-refractivity contribution in [3.8, 4) is 0 Å². The number of carbonyl (C=O) groups is 1. The van der Waals surface area contributed by atoms with Crippen LogP contribution in [0.5, 0.6) is 0 Å². The van der Waals surface area contributed by atoms with Crippen LogP contribution in [0.15, 0.2) is 121 Å². The van der Waals surface area contributed by atoms with Crippen LogP contribution in [0.25, 0.3) is 0 Å². The summed E-state index contributed by atoms with van der Waals surface area (Å²) >= 11 is 0. The molecule has 0 unspecified atom stereocenters. The van der Waals surface area contributed by atoms with Crippen LogP contribution >= 0.6 is 0 Å². The van der Waals surface area contributed by atoms with E-state index in [-0.39, 0.29) is 12.5 Å². The van der Waals surface area contributed by atoms with Crippen LogP contribution in [-0.2, 0) is 54.9 Å². The summed E-state index contributed by atoms with van der Waals surface area (Å²) in [5.74, 6) is -0.0762. The molecule has 1 amide bonds. The Morgan fingerprint density at radius 1 is 0.614 bits per heavy atom. The molecule has 2 fully saturated rings. The normalized spacial score (nSPS) is 24.8. The second-order valence-corrected chi connectivity index (χ2v) is 11.3. The zero-order valence-electron chi connectivity index (χ0n) is 24.8. The molecule has 0 saturated carbocycles. The van der Waals surface area contributed by atoms with Crippen LogP contribution in [0, 0.1) is 0 Å². The van der Waals surface area contributed by atoms with E-state index in [1.54, 1.807) is 0 Å². The lowest BCUT2D eigenvalue weighted by atomic mass is 9.88. The summed E-state index contributed by atoms with van der Waals surface area (Å²) in [5, 5.41) is 3.14. The van der Waals surface area contributed by atoms with Crippen LogP contribution in [0.4, 0.5) is 0 Å². The molecule has 0 bridgehead atoms. The fraction of sp³-hybridized carbons (Fsp3) is 0.324. The first kappa shape index (κ1) is 30.2. The summed E-state index contributed by atoms with van der Waals surface area (Å²) in [5.41, 5.74) is 3.07. The lowest BCUT2D eigenvalue weighted by Gasteiger charge is -2.51. The summed E-state index contributed by atoms with van der Waals surface area (Å²) in [6, 6.07) is 40.1. The number of nitrogens with one attached hydrogen (secondary N) is 1. The zero-order chi connectivity index (χ0) is 30.0. The molecule has 4 aromatic rings. The predicted octanol–water partition coefficient (Wildman–Crippen LogP) is 5.96. The quantitative estimate of drug-likeness (QED) is 0.206. The molecule has 7 heteroatoms. The third-order valence-corrected chi connectivity index (χ3v) is 8.12. The van der Waals surface area contributed by atoms with Gasteiger partial charge in [-0.2, -0.15) is 0 Å². The summed E-state index contributed by atoms with van der Waals surface area (Å²) in [6.07, 6.45) is -1.48. The molecule has 7 nitrogen and oxygen atoms in total. The van der Waals surface area contributed by atoms with E-state index in [2.05, 4.69) is 5.32 Å². The van der Waals surface area contributed by atoms with E-state index in [1.165, 1.54) is 0 Å². The first-order valence-corrected chi connectivity index (χ1v) is 15.3. The molecule has 1 spiro atoms. The highest BCUT2D eigenvalue weighted by molar-refractivity contribution is 5.79. The molecule has 44 heavy (non-hydrogen) atoms. The Bertz CT molecular complexity index is 1440. The Morgan fingerprint density at radius 3 is 1.55 bits per heavy atom. The first-order chi connectivity index (χ1) is 21.7. The third kappa shape index (κ3) is 7.62. The number of hydrogen-bond donors (Lipinski definition) is 1. The Balaban J connectivity index is 1.31. The summed E-state index contributed by atoms with van der Waals surface area (Å²) in [7, 11) is 0. The molecular weight excluding hydrogens is 554 g/mol. The van der Waals surface area contributed by atoms with Crippen LogP contribution in [0.3, 0.4) is 0 Å². The molecule has 2 aliphatic heterocycles. The van der Waals surface area contributed by atoms with Crippen LogP contribution in [-0.4, -0.2) is 42.7 Å². The largest absolute Gasteiger partial charge is 0.374 e. The van der Waals surface area contributed by atoms with Crippen molar-refractivity contribution in [2.45, 2.75) is 69.4 Å². The van der Waals surface area contributed by atoms with Gasteiger partial charge in [-0.1, -0.05) is 121 Å². The minimum atomic E-state index is -1.08. The minimum Gasteiger partial charge on any atom is -0.374 e. The monoisotopic (exact) mass is 593 g/mol. The van der Waals surface area contributed by atoms with E-state index < -0.39 is 30.1 Å². The first-order valence-electron chi connectivity index (χ1n) is 15.3. The Morgan fingerprint density at radius 2 is 1.07 bits per heavy atom. The number of benzene rings is 4. The van der Waals surface area contributed by atoms with E-state index >= 15 is 0 Å². The van der Waals surface area contributed by atoms with Gasteiger partial charge in [-0.15, -0.1) is 0 Å². The van der Waals surface area contributed by atoms with Gasteiger partial charge in [-0.3, -0.25) is 4.79 Å². The molecule has 6 rings (SSSR count). The van der Waals surface area contributed by atoms with Crippen LogP contribution < -0.4 is 5.32 Å². The smallest absolute Gasteiger partial charge is 0.222 e. The summed E-state index contributed by atoms with van der Waals surface area (Å²) in [4.78, 5) is 12.8. The van der Waals surface area contributed by atoms with Crippen molar-refractivity contribution >= 4 is 5.91 Å². The number of rotatable bonds is 13. The van der Waals surface area contributed by atoms with Crippen LogP contribution in [0.2, 0.25) is 0 Å². The van der Waals surface area contributed by atoms with Crippen molar-refractivity contribution in [2.24, 2.45) is 0 Å². The van der Waals surface area contributed by atoms with Crippen molar-refractivity contribution in [1.29, 1.82) is 0 Å². The van der Waals surface area contributed by atoms with E-state index in [4.69, 9.17) is 23.7 Å². The van der Waals surface area contributed by atoms with E-state index in [1.807, 2.05) is 121 Å². The predicted molar refractivity (Wildman–Crippen MR) is 166 cm³/mol. The lowest BCUT2D eigenvalue weighted by Crippen LogP contribution is -2.70. The van der Waals surface area contributed by atoms with Gasteiger partial charge < -0.3 is 29.0 Å². The number of ether oxygens (including phenoxy) is 5. The van der Waals surface area contributed by atoms with Gasteiger partial charge >= 0.3 is 0 Å². The van der Waals surface area contributed by atoms with Gasteiger partial charge in [0.1, 0.15) is 24.4 Å². The molecule has 228 valence electrons. The fourth-order valence-electron chi connectivity index (χ4n) is 5.92. The van der Waals surface area contributed by atoms with Crippen molar-refractivity contribution in [1.82, 2.24) is 5.32 Å². The zero-order valence-corrected chi connectivity index (χ0v) is 24.8. The molecule has 2 heterocycles. The van der Waals surface area contributed by atoms with Gasteiger partial charge in [0.15, 0.2) is 5.72 Å². The summed E-state index contributed by atoms with van der Waals surface area (Å²) in [6.45, 7) is 1.72. The molecular formula is C37H39NO6. The highest BCUT2D eigenvalue weighted by Crippen LogP contribution is 2.40. The average Bonchev–Trinajstić information content (AvgIpc) is 3.44. The molecule has 5 atom stereocenters. The van der Waals surface area contributed by atoms with Gasteiger partial charge in [-0.25, -0.2) is 0 Å². The van der Waals surface area contributed by atoms with Crippen molar-refractivity contribution in [3.63, 3.8) is 0 Å². The molecule has 0 radical (unpaired) electrons. The molecule has 2 saturated heterocycles. The highest BCUT2D eigenvalue weighted by atomic mass is 16.6. The van der Waals surface area contributed by atoms with E-state index in [0.29, 0.717) is 39.3 Å². The second-order valence-electron chi connectivity index (χ2n) is 11.3. The SMILES string of the molecule is O=C1CC[C@]2(N1)O[C@H](COCc1ccccc1)[C@@H](OCc1ccccc1)[C@H](OCc1ccccc1)[C@H]2OCc1ccccc1. The molecule has 2 aliphatic rings. The molecule has 1 N–H and O–H groups in total.